The van der Waals surface area contributed by atoms with E-state index in [1.54, 1.807) is 0 Å². The Balaban J connectivity index is 1.65. The quantitative estimate of drug-likeness (QED) is 0.354. The third-order valence-corrected chi connectivity index (χ3v) is 11.8. The second kappa shape index (κ2) is 9.74. The van der Waals surface area contributed by atoms with Gasteiger partial charge in [-0.05, 0) is 98.7 Å². The Morgan fingerprint density at radius 1 is 0.788 bits per heavy atom. The molecular formula is C30H54O3. The molecule has 4 aliphatic carbocycles. The average molecular weight is 463 g/mol. The normalized spacial score (nSPS) is 49.4. The smallest absolute Gasteiger partial charge is 0.0685 e. The predicted octanol–water partition coefficient (Wildman–Crippen LogP) is 7.28. The van der Waals surface area contributed by atoms with Crippen LogP contribution in [0.15, 0.2) is 0 Å². The van der Waals surface area contributed by atoms with E-state index in [9.17, 15) is 10.2 Å². The standard InChI is InChI=1S/C30H54O3/c1-6-8-10-15-29(33-5)19-18-27(3)24-14-17-28(4)23(12-13-26(28)31)22(24)20-30(32,25(27)21-29)16-11-9-7-2/h22-26,31-32H,6-21H2,1-5H3/t22-,23-,24-,25-,26-,27+,28-,29?,30+/m0/s1. The van der Waals surface area contributed by atoms with Crippen molar-refractivity contribution in [3.8, 4) is 0 Å². The number of rotatable bonds is 9. The van der Waals surface area contributed by atoms with Crippen molar-refractivity contribution in [1.29, 1.82) is 0 Å². The van der Waals surface area contributed by atoms with Crippen molar-refractivity contribution in [3.05, 3.63) is 0 Å². The third-order valence-electron chi connectivity index (χ3n) is 11.8. The van der Waals surface area contributed by atoms with Crippen LogP contribution in [0.2, 0.25) is 0 Å². The van der Waals surface area contributed by atoms with Crippen molar-refractivity contribution in [2.45, 2.75) is 148 Å². The number of fused-ring (bicyclic) bond motifs is 5. The summed E-state index contributed by atoms with van der Waals surface area (Å²) < 4.78 is 6.33. The van der Waals surface area contributed by atoms with Gasteiger partial charge in [-0.15, -0.1) is 0 Å². The summed E-state index contributed by atoms with van der Waals surface area (Å²) >= 11 is 0. The Kier molecular flexibility index (Phi) is 7.66. The highest BCUT2D eigenvalue weighted by Crippen LogP contribution is 2.69. The molecule has 9 atom stereocenters. The summed E-state index contributed by atoms with van der Waals surface area (Å²) in [5, 5.41) is 23.4. The summed E-state index contributed by atoms with van der Waals surface area (Å²) in [6, 6.07) is 0. The number of methoxy groups -OCH3 is 1. The highest BCUT2D eigenvalue weighted by atomic mass is 16.5. The number of aliphatic hydroxyl groups is 2. The lowest BCUT2D eigenvalue weighted by atomic mass is 9.40. The van der Waals surface area contributed by atoms with Gasteiger partial charge in [0.2, 0.25) is 0 Å². The van der Waals surface area contributed by atoms with Gasteiger partial charge in [-0.3, -0.25) is 0 Å². The van der Waals surface area contributed by atoms with E-state index in [-0.39, 0.29) is 22.5 Å². The molecule has 0 radical (unpaired) electrons. The lowest BCUT2D eigenvalue weighted by Gasteiger charge is -2.66. The maximum absolute atomic E-state index is 12.5. The Labute approximate surface area is 204 Å². The first-order chi connectivity index (χ1) is 15.7. The molecule has 4 aliphatic rings. The van der Waals surface area contributed by atoms with Crippen LogP contribution in [-0.2, 0) is 4.74 Å². The van der Waals surface area contributed by atoms with Crippen molar-refractivity contribution in [2.24, 2.45) is 34.5 Å². The zero-order chi connectivity index (χ0) is 23.9. The minimum Gasteiger partial charge on any atom is -0.393 e. The second-order valence-electron chi connectivity index (χ2n) is 13.4. The van der Waals surface area contributed by atoms with Gasteiger partial charge in [0.05, 0.1) is 17.3 Å². The fourth-order valence-corrected chi connectivity index (χ4v) is 9.71. The molecule has 0 aromatic heterocycles. The number of hydrogen-bond donors (Lipinski definition) is 2. The zero-order valence-corrected chi connectivity index (χ0v) is 22.5. The summed E-state index contributed by atoms with van der Waals surface area (Å²) in [5.74, 6) is 2.20. The molecule has 4 fully saturated rings. The molecule has 192 valence electrons. The van der Waals surface area contributed by atoms with Crippen LogP contribution in [0, 0.1) is 34.5 Å². The van der Waals surface area contributed by atoms with Crippen LogP contribution in [0.3, 0.4) is 0 Å². The molecule has 4 saturated carbocycles. The van der Waals surface area contributed by atoms with Crippen molar-refractivity contribution in [3.63, 3.8) is 0 Å². The van der Waals surface area contributed by atoms with Crippen molar-refractivity contribution in [1.82, 2.24) is 0 Å². The van der Waals surface area contributed by atoms with Crippen LogP contribution in [0.1, 0.15) is 130 Å². The fourth-order valence-electron chi connectivity index (χ4n) is 9.71. The van der Waals surface area contributed by atoms with Gasteiger partial charge >= 0.3 is 0 Å². The Hall–Kier alpha value is -0.120. The Morgan fingerprint density at radius 2 is 1.45 bits per heavy atom. The molecule has 0 bridgehead atoms. The largest absolute Gasteiger partial charge is 0.393 e. The Bertz CT molecular complexity index is 665. The lowest BCUT2D eigenvalue weighted by molar-refractivity contribution is -0.238. The summed E-state index contributed by atoms with van der Waals surface area (Å²) in [4.78, 5) is 0. The van der Waals surface area contributed by atoms with Gasteiger partial charge in [0.15, 0.2) is 0 Å². The summed E-state index contributed by atoms with van der Waals surface area (Å²) in [6.45, 7) is 9.46. The minimum absolute atomic E-state index is 0.0440. The topological polar surface area (TPSA) is 49.7 Å². The molecule has 4 rings (SSSR count). The van der Waals surface area contributed by atoms with Gasteiger partial charge in [-0.2, -0.15) is 0 Å². The van der Waals surface area contributed by atoms with Gasteiger partial charge in [0.25, 0.3) is 0 Å². The highest BCUT2D eigenvalue weighted by Gasteiger charge is 2.66. The van der Waals surface area contributed by atoms with E-state index in [0.29, 0.717) is 23.7 Å². The zero-order valence-electron chi connectivity index (χ0n) is 22.5. The van der Waals surface area contributed by atoms with E-state index < -0.39 is 5.60 Å². The van der Waals surface area contributed by atoms with E-state index in [4.69, 9.17) is 4.74 Å². The molecule has 33 heavy (non-hydrogen) atoms. The molecule has 1 unspecified atom stereocenters. The molecule has 0 aromatic carbocycles. The number of aliphatic hydroxyl groups excluding tert-OH is 1. The van der Waals surface area contributed by atoms with E-state index in [0.717, 1.165) is 51.4 Å². The van der Waals surface area contributed by atoms with E-state index in [1.165, 1.54) is 51.4 Å². The highest BCUT2D eigenvalue weighted by molar-refractivity contribution is 5.16. The number of hydrogen-bond acceptors (Lipinski definition) is 3. The second-order valence-corrected chi connectivity index (χ2v) is 13.4. The predicted molar refractivity (Wildman–Crippen MR) is 136 cm³/mol. The molecule has 3 heteroatoms. The summed E-state index contributed by atoms with van der Waals surface area (Å²) in [5.41, 5.74) is -0.352. The van der Waals surface area contributed by atoms with Crippen LogP contribution >= 0.6 is 0 Å². The first-order valence-corrected chi connectivity index (χ1v) is 14.6. The van der Waals surface area contributed by atoms with Gasteiger partial charge < -0.3 is 14.9 Å². The molecule has 0 amide bonds. The van der Waals surface area contributed by atoms with Gasteiger partial charge in [0.1, 0.15) is 0 Å². The minimum atomic E-state index is -0.578. The molecule has 0 aromatic rings. The van der Waals surface area contributed by atoms with Gasteiger partial charge in [-0.25, -0.2) is 0 Å². The SMILES string of the molecule is CCCCCC1(OC)CC[C@@]2(C)[C@H](C1)[C@@](O)(CCCCC)C[C@@H]1[C@@H]2CC[C@]2(C)[C@@H](O)CC[C@@H]12. The van der Waals surface area contributed by atoms with E-state index >= 15 is 0 Å². The monoisotopic (exact) mass is 462 g/mol. The fraction of sp³-hybridized carbons (Fsp3) is 1.00. The van der Waals surface area contributed by atoms with Crippen LogP contribution in [-0.4, -0.2) is 34.6 Å². The lowest BCUT2D eigenvalue weighted by Crippen LogP contribution is -2.65. The average Bonchev–Trinajstić information content (AvgIpc) is 3.10. The molecule has 0 heterocycles. The van der Waals surface area contributed by atoms with E-state index in [1.807, 2.05) is 7.11 Å². The molecular weight excluding hydrogens is 408 g/mol. The Morgan fingerprint density at radius 3 is 2.12 bits per heavy atom. The third kappa shape index (κ3) is 4.35. The van der Waals surface area contributed by atoms with Gasteiger partial charge in [0, 0.05) is 7.11 Å². The molecule has 0 aliphatic heterocycles. The van der Waals surface area contributed by atoms with E-state index in [2.05, 4.69) is 27.7 Å². The van der Waals surface area contributed by atoms with Gasteiger partial charge in [-0.1, -0.05) is 66.2 Å². The first kappa shape index (κ1) is 26.0. The molecule has 0 spiro atoms. The molecule has 0 saturated heterocycles. The molecule has 2 N–H and O–H groups in total. The number of ether oxygens (including phenoxy) is 1. The maximum atomic E-state index is 12.5. The van der Waals surface area contributed by atoms with Crippen LogP contribution in [0.4, 0.5) is 0 Å². The van der Waals surface area contributed by atoms with Crippen molar-refractivity contribution < 1.29 is 14.9 Å². The van der Waals surface area contributed by atoms with Crippen LogP contribution < -0.4 is 0 Å². The maximum Gasteiger partial charge on any atom is 0.0685 e. The van der Waals surface area contributed by atoms with Crippen molar-refractivity contribution in [2.75, 3.05) is 7.11 Å². The summed E-state index contributed by atoms with van der Waals surface area (Å²) in [6.07, 6.45) is 18.2. The van der Waals surface area contributed by atoms with Crippen LogP contribution in [0.5, 0.6) is 0 Å². The van der Waals surface area contributed by atoms with Crippen molar-refractivity contribution >= 4 is 0 Å². The first-order valence-electron chi connectivity index (χ1n) is 14.6. The number of unbranched alkanes of at least 4 members (excludes halogenated alkanes) is 4. The summed E-state index contributed by atoms with van der Waals surface area (Å²) in [7, 11) is 1.93. The molecule has 3 nitrogen and oxygen atoms in total. The van der Waals surface area contributed by atoms with Crippen LogP contribution in [0.25, 0.3) is 0 Å².